The highest BCUT2D eigenvalue weighted by molar-refractivity contribution is 5.97. The minimum absolute atomic E-state index is 0.258. The summed E-state index contributed by atoms with van der Waals surface area (Å²) in [5.74, 6) is -1.02. The number of rotatable bonds is 5. The van der Waals surface area contributed by atoms with Crippen molar-refractivity contribution in [3.63, 3.8) is 0 Å². The summed E-state index contributed by atoms with van der Waals surface area (Å²) in [7, 11) is 0. The monoisotopic (exact) mass is 237 g/mol. The molecule has 2 N–H and O–H groups in total. The number of aryl methyl sites for hydroxylation is 1. The van der Waals surface area contributed by atoms with Crippen molar-refractivity contribution in [1.82, 2.24) is 5.32 Å². The highest BCUT2D eigenvalue weighted by Gasteiger charge is 2.20. The maximum absolute atomic E-state index is 11.7. The molecule has 5 nitrogen and oxygen atoms in total. The molecule has 0 saturated heterocycles. The SMILES string of the molecule is C/C=C/CC(NC(=O)c1ccoc1C)C(=O)O. The van der Waals surface area contributed by atoms with Crippen LogP contribution in [-0.2, 0) is 4.79 Å². The molecule has 0 fully saturated rings. The van der Waals surface area contributed by atoms with Crippen LogP contribution in [0.25, 0.3) is 0 Å². The van der Waals surface area contributed by atoms with Crippen LogP contribution in [0.4, 0.5) is 0 Å². The summed E-state index contributed by atoms with van der Waals surface area (Å²) in [6.45, 7) is 3.44. The van der Waals surface area contributed by atoms with E-state index in [1.54, 1.807) is 26.0 Å². The Morgan fingerprint density at radius 1 is 1.59 bits per heavy atom. The second-order valence-corrected chi connectivity index (χ2v) is 3.56. The minimum atomic E-state index is -1.06. The van der Waals surface area contributed by atoms with E-state index in [1.807, 2.05) is 0 Å². The molecular weight excluding hydrogens is 222 g/mol. The predicted octanol–water partition coefficient (Wildman–Crippen LogP) is 1.74. The number of amides is 1. The van der Waals surface area contributed by atoms with Crippen LogP contribution >= 0.6 is 0 Å². The average Bonchev–Trinajstić information content (AvgIpc) is 2.70. The van der Waals surface area contributed by atoms with Crippen molar-refractivity contribution < 1.29 is 19.1 Å². The summed E-state index contributed by atoms with van der Waals surface area (Å²) in [4.78, 5) is 22.7. The van der Waals surface area contributed by atoms with Crippen LogP contribution < -0.4 is 5.32 Å². The van der Waals surface area contributed by atoms with Gasteiger partial charge in [0.1, 0.15) is 11.8 Å². The smallest absolute Gasteiger partial charge is 0.326 e. The first-order chi connectivity index (χ1) is 8.06. The Kier molecular flexibility index (Phi) is 4.51. The quantitative estimate of drug-likeness (QED) is 0.764. The van der Waals surface area contributed by atoms with Crippen molar-refractivity contribution >= 4 is 11.9 Å². The van der Waals surface area contributed by atoms with Crippen molar-refractivity contribution in [3.8, 4) is 0 Å². The molecule has 1 heterocycles. The van der Waals surface area contributed by atoms with E-state index in [2.05, 4.69) is 5.32 Å². The Hall–Kier alpha value is -2.04. The van der Waals surface area contributed by atoms with Crippen molar-refractivity contribution in [2.45, 2.75) is 26.3 Å². The maximum Gasteiger partial charge on any atom is 0.326 e. The molecule has 1 aromatic rings. The molecule has 5 heteroatoms. The lowest BCUT2D eigenvalue weighted by atomic mass is 10.1. The van der Waals surface area contributed by atoms with Gasteiger partial charge in [-0.2, -0.15) is 0 Å². The third-order valence-corrected chi connectivity index (χ3v) is 2.31. The average molecular weight is 237 g/mol. The summed E-state index contributed by atoms with van der Waals surface area (Å²) in [5.41, 5.74) is 0.358. The van der Waals surface area contributed by atoms with E-state index in [0.29, 0.717) is 11.3 Å². The van der Waals surface area contributed by atoms with Crippen LogP contribution in [-0.4, -0.2) is 23.0 Å². The Balaban J connectivity index is 2.71. The molecule has 0 aliphatic rings. The first kappa shape index (κ1) is 13.0. The van der Waals surface area contributed by atoms with Gasteiger partial charge in [0.2, 0.25) is 0 Å². The standard InChI is InChI=1S/C12H15NO4/c1-3-4-5-10(12(15)16)13-11(14)9-6-7-17-8(9)2/h3-4,6-7,10H,5H2,1-2H3,(H,13,14)(H,15,16)/b4-3+. The molecule has 0 saturated carbocycles. The molecule has 1 unspecified atom stereocenters. The lowest BCUT2D eigenvalue weighted by Gasteiger charge is -2.11. The number of hydrogen-bond donors (Lipinski definition) is 2. The van der Waals surface area contributed by atoms with Crippen LogP contribution in [0.15, 0.2) is 28.9 Å². The first-order valence-corrected chi connectivity index (χ1v) is 5.25. The van der Waals surface area contributed by atoms with Crippen LogP contribution in [0.2, 0.25) is 0 Å². The van der Waals surface area contributed by atoms with Crippen molar-refractivity contribution in [3.05, 3.63) is 35.8 Å². The zero-order valence-electron chi connectivity index (χ0n) is 9.77. The molecule has 1 rings (SSSR count). The van der Waals surface area contributed by atoms with Gasteiger partial charge in [-0.15, -0.1) is 0 Å². The summed E-state index contributed by atoms with van der Waals surface area (Å²) >= 11 is 0. The van der Waals surface area contributed by atoms with Gasteiger partial charge in [0.15, 0.2) is 0 Å². The molecule has 0 aromatic carbocycles. The number of carboxylic acids is 1. The lowest BCUT2D eigenvalue weighted by molar-refractivity contribution is -0.139. The third-order valence-electron chi connectivity index (χ3n) is 2.31. The summed E-state index contributed by atoms with van der Waals surface area (Å²) in [6, 6.07) is 0.590. The van der Waals surface area contributed by atoms with Crippen molar-refractivity contribution in [2.24, 2.45) is 0 Å². The van der Waals surface area contributed by atoms with Gasteiger partial charge in [-0.05, 0) is 26.3 Å². The highest BCUT2D eigenvalue weighted by Crippen LogP contribution is 2.09. The number of furan rings is 1. The van der Waals surface area contributed by atoms with E-state index >= 15 is 0 Å². The van der Waals surface area contributed by atoms with Gasteiger partial charge >= 0.3 is 5.97 Å². The highest BCUT2D eigenvalue weighted by atomic mass is 16.4. The Bertz CT molecular complexity index is 433. The Morgan fingerprint density at radius 2 is 2.29 bits per heavy atom. The summed E-state index contributed by atoms with van der Waals surface area (Å²) < 4.78 is 4.99. The van der Waals surface area contributed by atoms with Gasteiger partial charge in [-0.3, -0.25) is 4.79 Å². The number of aliphatic carboxylic acids is 1. The fourth-order valence-corrected chi connectivity index (χ4v) is 1.35. The van der Waals surface area contributed by atoms with Gasteiger partial charge in [0, 0.05) is 0 Å². The maximum atomic E-state index is 11.7. The zero-order valence-corrected chi connectivity index (χ0v) is 9.77. The van der Waals surface area contributed by atoms with E-state index in [-0.39, 0.29) is 6.42 Å². The summed E-state index contributed by atoms with van der Waals surface area (Å²) in [5, 5.41) is 11.4. The number of allylic oxidation sites excluding steroid dienone is 1. The third kappa shape index (κ3) is 3.48. The molecule has 0 aliphatic heterocycles. The van der Waals surface area contributed by atoms with Gasteiger partial charge in [0.25, 0.3) is 5.91 Å². The molecule has 0 radical (unpaired) electrons. The minimum Gasteiger partial charge on any atom is -0.480 e. The molecule has 17 heavy (non-hydrogen) atoms. The molecule has 1 atom stereocenters. The molecular formula is C12H15NO4. The number of hydrogen-bond acceptors (Lipinski definition) is 3. The molecule has 0 bridgehead atoms. The second kappa shape index (κ2) is 5.89. The van der Waals surface area contributed by atoms with Gasteiger partial charge in [-0.25, -0.2) is 4.79 Å². The predicted molar refractivity (Wildman–Crippen MR) is 61.8 cm³/mol. The number of carbonyl (C=O) groups excluding carboxylic acids is 1. The van der Waals surface area contributed by atoms with Crippen LogP contribution in [0.3, 0.4) is 0 Å². The van der Waals surface area contributed by atoms with Crippen molar-refractivity contribution in [1.29, 1.82) is 0 Å². The second-order valence-electron chi connectivity index (χ2n) is 3.56. The Morgan fingerprint density at radius 3 is 2.76 bits per heavy atom. The van der Waals surface area contributed by atoms with Gasteiger partial charge in [-0.1, -0.05) is 12.2 Å². The van der Waals surface area contributed by atoms with E-state index < -0.39 is 17.9 Å². The van der Waals surface area contributed by atoms with Crippen LogP contribution in [0.5, 0.6) is 0 Å². The van der Waals surface area contributed by atoms with Crippen LogP contribution in [0.1, 0.15) is 29.5 Å². The summed E-state index contributed by atoms with van der Waals surface area (Å²) in [6.07, 6.45) is 5.09. The number of carbonyl (C=O) groups is 2. The van der Waals surface area contributed by atoms with Crippen molar-refractivity contribution in [2.75, 3.05) is 0 Å². The normalized spacial score (nSPS) is 12.6. The molecule has 0 aliphatic carbocycles. The first-order valence-electron chi connectivity index (χ1n) is 5.25. The molecule has 1 amide bonds. The van der Waals surface area contributed by atoms with Gasteiger partial charge in [0.05, 0.1) is 11.8 Å². The topological polar surface area (TPSA) is 79.5 Å². The fraction of sp³-hybridized carbons (Fsp3) is 0.333. The van der Waals surface area contributed by atoms with E-state index in [0.717, 1.165) is 0 Å². The number of nitrogens with one attached hydrogen (secondary N) is 1. The molecule has 0 spiro atoms. The largest absolute Gasteiger partial charge is 0.480 e. The molecule has 1 aromatic heterocycles. The van der Waals surface area contributed by atoms with Gasteiger partial charge < -0.3 is 14.8 Å². The fourth-order valence-electron chi connectivity index (χ4n) is 1.35. The van der Waals surface area contributed by atoms with E-state index in [4.69, 9.17) is 9.52 Å². The molecule has 92 valence electrons. The number of carboxylic acid groups (broad SMARTS) is 1. The Labute approximate surface area is 99.1 Å². The lowest BCUT2D eigenvalue weighted by Crippen LogP contribution is -2.40. The van der Waals surface area contributed by atoms with E-state index in [1.165, 1.54) is 12.3 Å². The zero-order chi connectivity index (χ0) is 12.8. The van der Waals surface area contributed by atoms with E-state index in [9.17, 15) is 9.59 Å². The van der Waals surface area contributed by atoms with Crippen LogP contribution in [0, 0.1) is 6.92 Å².